The topological polar surface area (TPSA) is 48.5 Å². The minimum atomic E-state index is -0.0241. The van der Waals surface area contributed by atoms with Crippen LogP contribution in [-0.4, -0.2) is 48.5 Å². The molecule has 1 aromatic heterocycles. The molecule has 162 valence electrons. The van der Waals surface area contributed by atoms with Crippen molar-refractivity contribution in [3.8, 4) is 0 Å². The summed E-state index contributed by atoms with van der Waals surface area (Å²) in [6, 6.07) is 16.6. The highest BCUT2D eigenvalue weighted by Gasteiger charge is 2.17. The predicted octanol–water partition coefficient (Wildman–Crippen LogP) is 4.37. The number of nitrogens with one attached hydrogen (secondary N) is 1. The zero-order chi connectivity index (χ0) is 21.6. The van der Waals surface area contributed by atoms with E-state index in [0.717, 1.165) is 61.1 Å². The third-order valence-electron chi connectivity index (χ3n) is 5.81. The van der Waals surface area contributed by atoms with Gasteiger partial charge < -0.3 is 15.1 Å². The molecule has 0 atom stereocenters. The molecule has 0 aliphatic carbocycles. The monoisotopic (exact) mass is 434 g/mol. The maximum atomic E-state index is 12.6. The van der Waals surface area contributed by atoms with Crippen molar-refractivity contribution >= 4 is 28.6 Å². The van der Waals surface area contributed by atoms with Gasteiger partial charge in [0.1, 0.15) is 0 Å². The fraction of sp³-hybridized carbons (Fsp3) is 0.360. The van der Waals surface area contributed by atoms with Crippen molar-refractivity contribution in [1.29, 1.82) is 0 Å². The molecule has 0 saturated carbocycles. The van der Waals surface area contributed by atoms with Crippen LogP contribution in [0.4, 0.5) is 11.4 Å². The molecule has 2 heterocycles. The molecule has 5 nitrogen and oxygen atoms in total. The summed E-state index contributed by atoms with van der Waals surface area (Å²) in [5.41, 5.74) is 5.26. The van der Waals surface area contributed by atoms with Crippen molar-refractivity contribution in [3.05, 3.63) is 75.7 Å². The van der Waals surface area contributed by atoms with Gasteiger partial charge in [0.15, 0.2) is 0 Å². The molecule has 1 fully saturated rings. The lowest BCUT2D eigenvalue weighted by atomic mass is 10.1. The highest BCUT2D eigenvalue weighted by molar-refractivity contribution is 7.09. The number of hydrogen-bond donors (Lipinski definition) is 1. The maximum absolute atomic E-state index is 12.6. The Morgan fingerprint density at radius 2 is 1.87 bits per heavy atom. The summed E-state index contributed by atoms with van der Waals surface area (Å²) in [6.45, 7) is 9.70. The highest BCUT2D eigenvalue weighted by Crippen LogP contribution is 2.24. The Kier molecular flexibility index (Phi) is 6.99. The van der Waals surface area contributed by atoms with Gasteiger partial charge in [0.05, 0.1) is 17.1 Å². The number of thiazole rings is 1. The van der Waals surface area contributed by atoms with E-state index < -0.39 is 0 Å². The molecular formula is C25H30N4OS. The van der Waals surface area contributed by atoms with Gasteiger partial charge in [-0.3, -0.25) is 4.79 Å². The second-order valence-electron chi connectivity index (χ2n) is 8.04. The van der Waals surface area contributed by atoms with E-state index in [4.69, 9.17) is 0 Å². The molecule has 0 radical (unpaired) electrons. The molecule has 0 bridgehead atoms. The Balaban J connectivity index is 1.32. The first-order chi connectivity index (χ1) is 15.1. The van der Waals surface area contributed by atoms with Crippen molar-refractivity contribution in [2.75, 3.05) is 42.9 Å². The zero-order valence-electron chi connectivity index (χ0n) is 18.3. The van der Waals surface area contributed by atoms with E-state index in [1.54, 1.807) is 11.3 Å². The third-order valence-corrected chi connectivity index (χ3v) is 6.71. The summed E-state index contributed by atoms with van der Waals surface area (Å²) in [4.78, 5) is 22.1. The van der Waals surface area contributed by atoms with Crippen LogP contribution in [0.15, 0.2) is 53.9 Å². The summed E-state index contributed by atoms with van der Waals surface area (Å²) in [5.74, 6) is -0.0241. The highest BCUT2D eigenvalue weighted by atomic mass is 32.1. The molecule has 1 amide bonds. The molecule has 31 heavy (non-hydrogen) atoms. The minimum absolute atomic E-state index is 0.0241. The normalized spacial score (nSPS) is 14.6. The Hall–Kier alpha value is -2.70. The van der Waals surface area contributed by atoms with Crippen LogP contribution in [0.5, 0.6) is 0 Å². The van der Waals surface area contributed by atoms with E-state index in [0.29, 0.717) is 6.42 Å². The number of benzene rings is 2. The quantitative estimate of drug-likeness (QED) is 0.600. The SMILES string of the molecule is CCN1CCN(c2ccc(NC(=O)Cc3csc(Cc4ccccc4)n3)c(C)c2)CC1. The van der Waals surface area contributed by atoms with Crippen molar-refractivity contribution in [3.63, 3.8) is 0 Å². The number of carbonyl (C=O) groups excluding carboxylic acids is 1. The Morgan fingerprint density at radius 1 is 1.10 bits per heavy atom. The molecule has 6 heteroatoms. The summed E-state index contributed by atoms with van der Waals surface area (Å²) in [5, 5.41) is 6.09. The first kappa shape index (κ1) is 21.5. The number of carbonyl (C=O) groups is 1. The largest absolute Gasteiger partial charge is 0.369 e. The van der Waals surface area contributed by atoms with Crippen LogP contribution in [0.2, 0.25) is 0 Å². The molecule has 3 aromatic rings. The summed E-state index contributed by atoms with van der Waals surface area (Å²) in [6.07, 6.45) is 1.10. The third kappa shape index (κ3) is 5.71. The van der Waals surface area contributed by atoms with Crippen LogP contribution in [0.3, 0.4) is 0 Å². The first-order valence-corrected chi connectivity index (χ1v) is 11.8. The van der Waals surface area contributed by atoms with Gasteiger partial charge >= 0.3 is 0 Å². The van der Waals surface area contributed by atoms with Gasteiger partial charge in [-0.2, -0.15) is 0 Å². The number of aryl methyl sites for hydroxylation is 1. The molecule has 1 aliphatic heterocycles. The number of rotatable bonds is 7. The number of aromatic nitrogens is 1. The predicted molar refractivity (Wildman–Crippen MR) is 129 cm³/mol. The number of anilines is 2. The number of amides is 1. The fourth-order valence-electron chi connectivity index (χ4n) is 3.95. The van der Waals surface area contributed by atoms with Crippen LogP contribution in [-0.2, 0) is 17.6 Å². The molecule has 2 aromatic carbocycles. The average Bonchev–Trinajstić information content (AvgIpc) is 3.22. The van der Waals surface area contributed by atoms with Crippen molar-refractivity contribution in [1.82, 2.24) is 9.88 Å². The lowest BCUT2D eigenvalue weighted by Crippen LogP contribution is -2.46. The van der Waals surface area contributed by atoms with Gasteiger partial charge in [-0.05, 0) is 42.8 Å². The standard InChI is InChI=1S/C25H30N4OS/c1-3-28-11-13-29(14-12-28)22-9-10-23(19(2)15-22)27-24(30)17-21-18-31-25(26-21)16-20-7-5-4-6-8-20/h4-10,15,18H,3,11-14,16-17H2,1-2H3,(H,27,30). The molecule has 4 rings (SSSR count). The number of hydrogen-bond acceptors (Lipinski definition) is 5. The summed E-state index contributed by atoms with van der Waals surface area (Å²) >= 11 is 1.62. The number of piperazine rings is 1. The van der Waals surface area contributed by atoms with Crippen LogP contribution in [0.1, 0.15) is 28.8 Å². The second-order valence-corrected chi connectivity index (χ2v) is 8.98. The van der Waals surface area contributed by atoms with Gasteiger partial charge in [-0.15, -0.1) is 11.3 Å². The lowest BCUT2D eigenvalue weighted by molar-refractivity contribution is -0.115. The molecule has 1 saturated heterocycles. The van der Waals surface area contributed by atoms with Gasteiger partial charge in [-0.1, -0.05) is 37.3 Å². The van der Waals surface area contributed by atoms with Crippen LogP contribution in [0.25, 0.3) is 0 Å². The van der Waals surface area contributed by atoms with Crippen molar-refractivity contribution in [2.24, 2.45) is 0 Å². The minimum Gasteiger partial charge on any atom is -0.369 e. The van der Waals surface area contributed by atoms with Gasteiger partial charge in [-0.25, -0.2) is 4.98 Å². The maximum Gasteiger partial charge on any atom is 0.230 e. The van der Waals surface area contributed by atoms with E-state index in [2.05, 4.69) is 58.2 Å². The molecular weight excluding hydrogens is 404 g/mol. The molecule has 1 aliphatic rings. The molecule has 1 N–H and O–H groups in total. The summed E-state index contributed by atoms with van der Waals surface area (Å²) < 4.78 is 0. The van der Waals surface area contributed by atoms with Crippen LogP contribution >= 0.6 is 11.3 Å². The Labute approximate surface area is 188 Å². The zero-order valence-corrected chi connectivity index (χ0v) is 19.1. The van der Waals surface area contributed by atoms with Gasteiger partial charge in [0.25, 0.3) is 0 Å². The second kappa shape index (κ2) is 10.1. The Bertz CT molecular complexity index is 1010. The van der Waals surface area contributed by atoms with Gasteiger partial charge in [0, 0.05) is 49.4 Å². The van der Waals surface area contributed by atoms with E-state index in [9.17, 15) is 4.79 Å². The average molecular weight is 435 g/mol. The molecule has 0 spiro atoms. The van der Waals surface area contributed by atoms with E-state index in [-0.39, 0.29) is 5.91 Å². The fourth-order valence-corrected chi connectivity index (χ4v) is 4.78. The van der Waals surface area contributed by atoms with Gasteiger partial charge in [0.2, 0.25) is 5.91 Å². The van der Waals surface area contributed by atoms with E-state index >= 15 is 0 Å². The smallest absolute Gasteiger partial charge is 0.230 e. The van der Waals surface area contributed by atoms with Crippen molar-refractivity contribution in [2.45, 2.75) is 26.7 Å². The van der Waals surface area contributed by atoms with E-state index in [1.807, 2.05) is 29.6 Å². The van der Waals surface area contributed by atoms with E-state index in [1.165, 1.54) is 11.3 Å². The number of nitrogens with zero attached hydrogens (tertiary/aromatic N) is 3. The number of likely N-dealkylation sites (N-methyl/N-ethyl adjacent to an activating group) is 1. The molecule has 0 unspecified atom stereocenters. The first-order valence-electron chi connectivity index (χ1n) is 11.0. The lowest BCUT2D eigenvalue weighted by Gasteiger charge is -2.35. The van der Waals surface area contributed by atoms with Crippen LogP contribution in [0, 0.1) is 6.92 Å². The summed E-state index contributed by atoms with van der Waals surface area (Å²) in [7, 11) is 0. The van der Waals surface area contributed by atoms with Crippen molar-refractivity contribution < 1.29 is 4.79 Å². The van der Waals surface area contributed by atoms with Crippen LogP contribution < -0.4 is 10.2 Å². The Morgan fingerprint density at radius 3 is 2.58 bits per heavy atom.